The minimum Gasteiger partial charge on any atom is -0.481 e. The molecule has 0 heterocycles. The molecule has 0 saturated carbocycles. The van der Waals surface area contributed by atoms with Gasteiger partial charge in [0.15, 0.2) is 0 Å². The van der Waals surface area contributed by atoms with E-state index < -0.39 is 11.9 Å². The number of hydrogen-bond acceptors (Lipinski definition) is 4. The van der Waals surface area contributed by atoms with Gasteiger partial charge in [-0.1, -0.05) is 6.42 Å². The van der Waals surface area contributed by atoms with Gasteiger partial charge in [0, 0.05) is 6.42 Å². The first-order chi connectivity index (χ1) is 6.66. The molecule has 0 aromatic carbocycles. The number of carboxylic acids is 1. The average Bonchev–Trinajstić information content (AvgIpc) is 2.15. The molecule has 0 spiro atoms. The quantitative estimate of drug-likeness (QED) is 0.248. The molecule has 0 radical (unpaired) electrons. The maximum atomic E-state index is 10.5. The average molecular weight is 204 g/mol. The van der Waals surface area contributed by atoms with Crippen molar-refractivity contribution in [2.24, 2.45) is 0 Å². The zero-order chi connectivity index (χ0) is 10.8. The third-order valence-electron chi connectivity index (χ3n) is 1.65. The summed E-state index contributed by atoms with van der Waals surface area (Å²) < 4.78 is 0. The molecule has 0 fully saturated rings. The molecule has 0 aliphatic heterocycles. The molecule has 0 aromatic heterocycles. The number of unbranched alkanes of at least 4 members (excludes halogenated alkanes) is 2. The van der Waals surface area contributed by atoms with E-state index in [9.17, 15) is 9.59 Å². The van der Waals surface area contributed by atoms with Crippen LogP contribution < -0.4 is 10.8 Å². The summed E-state index contributed by atoms with van der Waals surface area (Å²) in [5.74, 6) is -1.26. The number of carbonyl (C=O) groups excluding carboxylic acids is 1. The summed E-state index contributed by atoms with van der Waals surface area (Å²) in [6.45, 7) is 0.725. The Bertz CT molecular complexity index is 184. The second kappa shape index (κ2) is 8.46. The summed E-state index contributed by atoms with van der Waals surface area (Å²) >= 11 is 0. The van der Waals surface area contributed by atoms with E-state index in [1.807, 2.05) is 0 Å². The molecule has 0 unspecified atom stereocenters. The van der Waals surface area contributed by atoms with E-state index in [0.717, 1.165) is 12.8 Å². The number of carboxylic acid groups (broad SMARTS) is 1. The first-order valence-corrected chi connectivity index (χ1v) is 4.52. The van der Waals surface area contributed by atoms with Crippen LogP contribution in [0.3, 0.4) is 0 Å². The lowest BCUT2D eigenvalue weighted by atomic mass is 10.2. The smallest absolute Gasteiger partial charge is 0.303 e. The normalized spacial score (nSPS) is 9.79. The van der Waals surface area contributed by atoms with Gasteiger partial charge in [-0.25, -0.2) is 5.48 Å². The molecule has 0 atom stereocenters. The van der Waals surface area contributed by atoms with E-state index in [4.69, 9.17) is 10.3 Å². The first-order valence-electron chi connectivity index (χ1n) is 4.52. The van der Waals surface area contributed by atoms with Crippen molar-refractivity contribution in [3.05, 3.63) is 0 Å². The molecule has 14 heavy (non-hydrogen) atoms. The summed E-state index contributed by atoms with van der Waals surface area (Å²) in [5, 5.41) is 19.3. The summed E-state index contributed by atoms with van der Waals surface area (Å²) in [6.07, 6.45) is 2.49. The minimum atomic E-state index is -0.780. The number of amides is 1. The highest BCUT2D eigenvalue weighted by Gasteiger charge is 1.98. The molecular weight excluding hydrogens is 188 g/mol. The van der Waals surface area contributed by atoms with Crippen LogP contribution in [0, 0.1) is 0 Å². The van der Waals surface area contributed by atoms with E-state index in [1.54, 1.807) is 0 Å². The van der Waals surface area contributed by atoms with Crippen LogP contribution in [0.2, 0.25) is 0 Å². The zero-order valence-corrected chi connectivity index (χ0v) is 7.95. The number of rotatable bonds is 8. The Hall–Kier alpha value is -1.14. The molecule has 0 saturated heterocycles. The van der Waals surface area contributed by atoms with E-state index in [2.05, 4.69) is 5.32 Å². The van der Waals surface area contributed by atoms with Gasteiger partial charge in [0.05, 0.1) is 6.54 Å². The maximum absolute atomic E-state index is 10.5. The second-order valence-electron chi connectivity index (χ2n) is 2.92. The van der Waals surface area contributed by atoms with Crippen LogP contribution in [0.1, 0.15) is 25.7 Å². The van der Waals surface area contributed by atoms with Crippen molar-refractivity contribution in [3.8, 4) is 0 Å². The number of carbonyl (C=O) groups is 2. The van der Waals surface area contributed by atoms with Crippen molar-refractivity contribution in [2.45, 2.75) is 25.7 Å². The third-order valence-corrected chi connectivity index (χ3v) is 1.65. The van der Waals surface area contributed by atoms with Gasteiger partial charge in [-0.15, -0.1) is 0 Å². The summed E-state index contributed by atoms with van der Waals surface area (Å²) in [5.41, 5.74) is 1.50. The molecule has 0 aromatic rings. The molecule has 0 rings (SSSR count). The van der Waals surface area contributed by atoms with Crippen molar-refractivity contribution in [2.75, 3.05) is 13.1 Å². The van der Waals surface area contributed by atoms with Gasteiger partial charge in [0.1, 0.15) is 0 Å². The van der Waals surface area contributed by atoms with Crippen molar-refractivity contribution in [1.82, 2.24) is 10.8 Å². The minimum absolute atomic E-state index is 0.0788. The van der Waals surface area contributed by atoms with Crippen LogP contribution in [0.4, 0.5) is 0 Å². The second-order valence-corrected chi connectivity index (χ2v) is 2.92. The maximum Gasteiger partial charge on any atom is 0.303 e. The van der Waals surface area contributed by atoms with E-state index >= 15 is 0 Å². The van der Waals surface area contributed by atoms with Gasteiger partial charge >= 0.3 is 5.97 Å². The Morgan fingerprint density at radius 3 is 2.43 bits per heavy atom. The molecule has 0 bridgehead atoms. The molecule has 0 aliphatic rings. The Kier molecular flexibility index (Phi) is 7.77. The lowest BCUT2D eigenvalue weighted by Gasteiger charge is -2.02. The van der Waals surface area contributed by atoms with Crippen LogP contribution >= 0.6 is 0 Å². The lowest BCUT2D eigenvalue weighted by Crippen LogP contribution is -2.32. The van der Waals surface area contributed by atoms with Gasteiger partial charge in [-0.3, -0.25) is 14.8 Å². The Morgan fingerprint density at radius 1 is 1.14 bits per heavy atom. The predicted molar refractivity (Wildman–Crippen MR) is 48.9 cm³/mol. The standard InChI is InChI=1S/C8H16N2O4/c11-7(10-14)6-9-5-3-1-2-4-8(12)13/h9,14H,1-6H2,(H,10,11)(H,12,13). The predicted octanol–water partition coefficient (Wildman–Crippen LogP) is -0.274. The van der Waals surface area contributed by atoms with Crippen molar-refractivity contribution < 1.29 is 19.9 Å². The Morgan fingerprint density at radius 2 is 1.86 bits per heavy atom. The topological polar surface area (TPSA) is 98.7 Å². The van der Waals surface area contributed by atoms with Gasteiger partial charge in [-0.2, -0.15) is 0 Å². The zero-order valence-electron chi connectivity index (χ0n) is 7.95. The van der Waals surface area contributed by atoms with Gasteiger partial charge in [0.2, 0.25) is 0 Å². The summed E-state index contributed by atoms with van der Waals surface area (Å²) in [4.78, 5) is 20.6. The summed E-state index contributed by atoms with van der Waals surface area (Å²) in [6, 6.07) is 0. The van der Waals surface area contributed by atoms with Crippen LogP contribution in [0.25, 0.3) is 0 Å². The largest absolute Gasteiger partial charge is 0.481 e. The van der Waals surface area contributed by atoms with Crippen LogP contribution in [-0.2, 0) is 9.59 Å². The molecule has 82 valence electrons. The van der Waals surface area contributed by atoms with Crippen LogP contribution in [-0.4, -0.2) is 35.3 Å². The highest BCUT2D eigenvalue weighted by atomic mass is 16.5. The SMILES string of the molecule is O=C(O)CCCCCNCC(=O)NO. The lowest BCUT2D eigenvalue weighted by molar-refractivity contribution is -0.137. The fourth-order valence-electron chi connectivity index (χ4n) is 0.944. The first kappa shape index (κ1) is 12.9. The van der Waals surface area contributed by atoms with Crippen LogP contribution in [0.15, 0.2) is 0 Å². The van der Waals surface area contributed by atoms with E-state index in [1.165, 1.54) is 5.48 Å². The molecule has 0 aliphatic carbocycles. The highest BCUT2D eigenvalue weighted by Crippen LogP contribution is 1.98. The highest BCUT2D eigenvalue weighted by molar-refractivity contribution is 5.76. The van der Waals surface area contributed by atoms with Crippen molar-refractivity contribution >= 4 is 11.9 Å². The van der Waals surface area contributed by atoms with Crippen molar-refractivity contribution in [1.29, 1.82) is 0 Å². The number of nitrogens with one attached hydrogen (secondary N) is 2. The molecule has 6 heteroatoms. The third kappa shape index (κ3) is 8.95. The Labute approximate surface area is 82.3 Å². The fourth-order valence-corrected chi connectivity index (χ4v) is 0.944. The molecule has 6 nitrogen and oxygen atoms in total. The molecule has 4 N–H and O–H groups in total. The Balaban J connectivity index is 3.06. The number of hydroxylamine groups is 1. The fraction of sp³-hybridized carbons (Fsp3) is 0.750. The molecular formula is C8H16N2O4. The van der Waals surface area contributed by atoms with E-state index in [-0.39, 0.29) is 13.0 Å². The van der Waals surface area contributed by atoms with Gasteiger partial charge in [0.25, 0.3) is 5.91 Å². The number of aliphatic carboxylic acids is 1. The van der Waals surface area contributed by atoms with E-state index in [0.29, 0.717) is 13.0 Å². The summed E-state index contributed by atoms with van der Waals surface area (Å²) in [7, 11) is 0. The van der Waals surface area contributed by atoms with Crippen molar-refractivity contribution in [3.63, 3.8) is 0 Å². The van der Waals surface area contributed by atoms with Crippen LogP contribution in [0.5, 0.6) is 0 Å². The molecule has 1 amide bonds. The number of hydrogen-bond donors (Lipinski definition) is 4. The van der Waals surface area contributed by atoms with Gasteiger partial charge < -0.3 is 10.4 Å². The van der Waals surface area contributed by atoms with Gasteiger partial charge in [-0.05, 0) is 19.4 Å². The monoisotopic (exact) mass is 204 g/mol.